The van der Waals surface area contributed by atoms with E-state index in [2.05, 4.69) is 17.2 Å². The van der Waals surface area contributed by atoms with Gasteiger partial charge >= 0.3 is 11.9 Å². The van der Waals surface area contributed by atoms with Crippen LogP contribution in [0.25, 0.3) is 10.8 Å². The number of unbranched alkanes of at least 4 members (excludes halogenated alkanes) is 3. The third-order valence-corrected chi connectivity index (χ3v) is 5.35. The zero-order chi connectivity index (χ0) is 23.8. The van der Waals surface area contributed by atoms with E-state index < -0.39 is 17.8 Å². The number of esters is 1. The van der Waals surface area contributed by atoms with Crippen LogP contribution in [0.4, 0.5) is 5.82 Å². The molecule has 0 saturated heterocycles. The van der Waals surface area contributed by atoms with Gasteiger partial charge in [-0.15, -0.1) is 0 Å². The maximum Gasteiger partial charge on any atom is 0.336 e. The van der Waals surface area contributed by atoms with E-state index in [-0.39, 0.29) is 30.0 Å². The van der Waals surface area contributed by atoms with E-state index in [4.69, 9.17) is 4.74 Å². The number of carbonyl (C=O) groups excluding carboxylic acids is 2. The van der Waals surface area contributed by atoms with Gasteiger partial charge in [0.2, 0.25) is 0 Å². The van der Waals surface area contributed by atoms with Crippen LogP contribution in [0.1, 0.15) is 66.1 Å². The molecule has 8 nitrogen and oxygen atoms in total. The van der Waals surface area contributed by atoms with E-state index in [1.54, 1.807) is 31.3 Å². The highest BCUT2D eigenvalue weighted by Gasteiger charge is 2.21. The number of aromatic carboxylic acids is 1. The van der Waals surface area contributed by atoms with Crippen molar-refractivity contribution >= 4 is 34.4 Å². The van der Waals surface area contributed by atoms with E-state index in [0.29, 0.717) is 17.8 Å². The minimum Gasteiger partial charge on any atom is -0.478 e. The van der Waals surface area contributed by atoms with Crippen molar-refractivity contribution in [1.82, 2.24) is 9.55 Å². The second kappa shape index (κ2) is 11.3. The number of fused-ring (bicyclic) bond motifs is 1. The van der Waals surface area contributed by atoms with Crippen molar-refractivity contribution in [3.8, 4) is 0 Å². The van der Waals surface area contributed by atoms with Crippen LogP contribution in [-0.4, -0.2) is 39.1 Å². The maximum atomic E-state index is 13.2. The quantitative estimate of drug-likeness (QED) is 0.324. The average Bonchev–Trinajstić information content (AvgIpc) is 3.16. The van der Waals surface area contributed by atoms with Crippen molar-refractivity contribution in [3.05, 3.63) is 59.5 Å². The molecular weight excluding hydrogens is 422 g/mol. The normalized spacial score (nSPS) is 10.8. The number of carboxylic acid groups (broad SMARTS) is 1. The maximum absolute atomic E-state index is 13.2. The Bertz CT molecular complexity index is 1150. The SMILES string of the molecule is CCCCCCn1cc(NC(=O)c2c(C(=O)O)ccc3ccccc23)nc1CC(=O)OCC. The van der Waals surface area contributed by atoms with Crippen LogP contribution < -0.4 is 5.32 Å². The summed E-state index contributed by atoms with van der Waals surface area (Å²) in [6.45, 7) is 4.81. The second-order valence-corrected chi connectivity index (χ2v) is 7.75. The van der Waals surface area contributed by atoms with Gasteiger partial charge in [0, 0.05) is 12.7 Å². The first kappa shape index (κ1) is 24.0. The number of benzene rings is 2. The summed E-state index contributed by atoms with van der Waals surface area (Å²) >= 11 is 0. The van der Waals surface area contributed by atoms with Gasteiger partial charge in [0.1, 0.15) is 12.2 Å². The molecule has 1 amide bonds. The summed E-state index contributed by atoms with van der Waals surface area (Å²) in [7, 11) is 0. The Morgan fingerprint density at radius 1 is 1.06 bits per heavy atom. The molecule has 0 unspecified atom stereocenters. The number of hydrogen-bond acceptors (Lipinski definition) is 5. The third kappa shape index (κ3) is 5.97. The molecule has 1 heterocycles. The van der Waals surface area contributed by atoms with Gasteiger partial charge in [-0.1, -0.05) is 56.5 Å². The number of rotatable bonds is 11. The number of ether oxygens (including phenoxy) is 1. The van der Waals surface area contributed by atoms with E-state index in [1.165, 1.54) is 6.07 Å². The number of imidazole rings is 1. The molecule has 0 aliphatic rings. The Labute approximate surface area is 192 Å². The van der Waals surface area contributed by atoms with Gasteiger partial charge in [-0.2, -0.15) is 0 Å². The number of aromatic nitrogens is 2. The molecule has 0 aliphatic carbocycles. The first-order valence-corrected chi connectivity index (χ1v) is 11.2. The van der Waals surface area contributed by atoms with E-state index >= 15 is 0 Å². The van der Waals surface area contributed by atoms with Crippen molar-refractivity contribution in [3.63, 3.8) is 0 Å². The number of carboxylic acids is 1. The van der Waals surface area contributed by atoms with Crippen molar-refractivity contribution in [2.75, 3.05) is 11.9 Å². The Morgan fingerprint density at radius 2 is 1.85 bits per heavy atom. The summed E-state index contributed by atoms with van der Waals surface area (Å²) in [5.41, 5.74) is -0.0121. The summed E-state index contributed by atoms with van der Waals surface area (Å²) in [6.07, 6.45) is 5.87. The number of amides is 1. The highest BCUT2D eigenvalue weighted by atomic mass is 16.5. The molecule has 8 heteroatoms. The Balaban J connectivity index is 1.90. The van der Waals surface area contributed by atoms with Gasteiger partial charge in [0.25, 0.3) is 5.91 Å². The van der Waals surface area contributed by atoms with Crippen LogP contribution in [0.15, 0.2) is 42.6 Å². The summed E-state index contributed by atoms with van der Waals surface area (Å²) < 4.78 is 6.90. The zero-order valence-corrected chi connectivity index (χ0v) is 19.0. The fraction of sp³-hybridized carbons (Fsp3) is 0.360. The van der Waals surface area contributed by atoms with Gasteiger partial charge in [0.15, 0.2) is 5.82 Å². The molecule has 0 bridgehead atoms. The number of hydrogen-bond donors (Lipinski definition) is 2. The highest BCUT2D eigenvalue weighted by Crippen LogP contribution is 2.24. The topological polar surface area (TPSA) is 111 Å². The molecule has 33 heavy (non-hydrogen) atoms. The molecule has 3 aromatic rings. The van der Waals surface area contributed by atoms with Crippen LogP contribution in [-0.2, 0) is 22.5 Å². The lowest BCUT2D eigenvalue weighted by Gasteiger charge is -2.10. The van der Waals surface area contributed by atoms with Crippen LogP contribution in [0.5, 0.6) is 0 Å². The molecular formula is C25H29N3O5. The van der Waals surface area contributed by atoms with Crippen LogP contribution in [0.3, 0.4) is 0 Å². The molecule has 2 aromatic carbocycles. The zero-order valence-electron chi connectivity index (χ0n) is 19.0. The summed E-state index contributed by atoms with van der Waals surface area (Å²) in [5.74, 6) is -1.38. The lowest BCUT2D eigenvalue weighted by molar-refractivity contribution is -0.142. The first-order chi connectivity index (χ1) is 15.9. The van der Waals surface area contributed by atoms with Crippen LogP contribution >= 0.6 is 0 Å². The van der Waals surface area contributed by atoms with E-state index in [9.17, 15) is 19.5 Å². The van der Waals surface area contributed by atoms with E-state index in [1.807, 2.05) is 16.7 Å². The van der Waals surface area contributed by atoms with Crippen molar-refractivity contribution in [2.45, 2.75) is 52.5 Å². The smallest absolute Gasteiger partial charge is 0.336 e. The fourth-order valence-electron chi connectivity index (χ4n) is 3.77. The first-order valence-electron chi connectivity index (χ1n) is 11.2. The monoisotopic (exact) mass is 451 g/mol. The van der Waals surface area contributed by atoms with Gasteiger partial charge in [0.05, 0.1) is 17.7 Å². The number of anilines is 1. The Hall–Kier alpha value is -3.68. The lowest BCUT2D eigenvalue weighted by Crippen LogP contribution is -2.17. The van der Waals surface area contributed by atoms with Crippen LogP contribution in [0, 0.1) is 0 Å². The predicted molar refractivity (Wildman–Crippen MR) is 126 cm³/mol. The molecule has 0 spiro atoms. The molecule has 0 saturated carbocycles. The van der Waals surface area contributed by atoms with Gasteiger partial charge < -0.3 is 19.7 Å². The second-order valence-electron chi connectivity index (χ2n) is 7.75. The molecule has 0 fully saturated rings. The largest absolute Gasteiger partial charge is 0.478 e. The van der Waals surface area contributed by atoms with Gasteiger partial charge in [-0.3, -0.25) is 9.59 Å². The van der Waals surface area contributed by atoms with Gasteiger partial charge in [-0.05, 0) is 30.2 Å². The minimum atomic E-state index is -1.18. The van der Waals surface area contributed by atoms with Crippen LogP contribution in [0.2, 0.25) is 0 Å². The Morgan fingerprint density at radius 3 is 2.58 bits per heavy atom. The Kier molecular flexibility index (Phi) is 8.18. The fourth-order valence-corrected chi connectivity index (χ4v) is 3.77. The molecule has 174 valence electrons. The summed E-state index contributed by atoms with van der Waals surface area (Å²) in [4.78, 5) is 41.4. The number of carbonyl (C=O) groups is 3. The molecule has 0 aliphatic heterocycles. The number of nitrogens with one attached hydrogen (secondary N) is 1. The summed E-state index contributed by atoms with van der Waals surface area (Å²) in [5, 5.41) is 13.7. The third-order valence-electron chi connectivity index (χ3n) is 5.35. The van der Waals surface area contributed by atoms with Gasteiger partial charge in [-0.25, -0.2) is 9.78 Å². The molecule has 3 rings (SSSR count). The van der Waals surface area contributed by atoms with Crippen molar-refractivity contribution < 1.29 is 24.2 Å². The average molecular weight is 452 g/mol. The summed E-state index contributed by atoms with van der Waals surface area (Å²) in [6, 6.07) is 10.2. The van der Waals surface area contributed by atoms with Crippen molar-refractivity contribution in [1.29, 1.82) is 0 Å². The molecule has 0 radical (unpaired) electrons. The molecule has 2 N–H and O–H groups in total. The van der Waals surface area contributed by atoms with Crippen molar-refractivity contribution in [2.24, 2.45) is 0 Å². The van der Waals surface area contributed by atoms with E-state index in [0.717, 1.165) is 31.1 Å². The number of aryl methyl sites for hydroxylation is 1. The predicted octanol–water partition coefficient (Wildman–Crippen LogP) is 4.67. The number of nitrogens with zero attached hydrogens (tertiary/aromatic N) is 2. The minimum absolute atomic E-state index is 0.00781. The molecule has 0 atom stereocenters. The highest BCUT2D eigenvalue weighted by molar-refractivity contribution is 6.18. The lowest BCUT2D eigenvalue weighted by atomic mass is 9.98. The molecule has 1 aromatic heterocycles. The standard InChI is InChI=1S/C25H29N3O5/c1-3-5-6-9-14-28-16-20(26-21(28)15-22(29)33-4-2)27-24(30)23-18-11-8-7-10-17(18)12-13-19(23)25(31)32/h7-8,10-13,16H,3-6,9,14-15H2,1-2H3,(H,27,30)(H,31,32).